The van der Waals surface area contributed by atoms with E-state index in [1.165, 1.54) is 0 Å². The van der Waals surface area contributed by atoms with Gasteiger partial charge in [-0.05, 0) is 37.3 Å². The van der Waals surface area contributed by atoms with Crippen LogP contribution in [-0.4, -0.2) is 38.8 Å². The molecule has 0 radical (unpaired) electrons. The first-order valence-electron chi connectivity index (χ1n) is 7.69. The second-order valence-corrected chi connectivity index (χ2v) is 5.79. The van der Waals surface area contributed by atoms with Crippen molar-refractivity contribution in [3.63, 3.8) is 0 Å². The molecular weight excluding hydrogens is 276 g/mol. The monoisotopic (exact) mass is 296 g/mol. The van der Waals surface area contributed by atoms with Crippen LogP contribution in [0.2, 0.25) is 0 Å². The molecule has 0 aromatic carbocycles. The van der Waals surface area contributed by atoms with Crippen molar-refractivity contribution in [2.45, 2.75) is 26.2 Å². The van der Waals surface area contributed by atoms with Crippen LogP contribution in [0, 0.1) is 5.92 Å². The third-order valence-corrected chi connectivity index (χ3v) is 4.22. The first kappa shape index (κ1) is 14.6. The molecule has 5 nitrogen and oxygen atoms in total. The average Bonchev–Trinajstić information content (AvgIpc) is 2.57. The van der Waals surface area contributed by atoms with E-state index in [-0.39, 0.29) is 5.91 Å². The van der Waals surface area contributed by atoms with E-state index in [4.69, 9.17) is 0 Å². The molecule has 3 heterocycles. The van der Waals surface area contributed by atoms with Gasteiger partial charge in [0.15, 0.2) is 0 Å². The van der Waals surface area contributed by atoms with E-state index in [2.05, 4.69) is 15.0 Å². The zero-order valence-corrected chi connectivity index (χ0v) is 12.8. The van der Waals surface area contributed by atoms with Gasteiger partial charge in [-0.15, -0.1) is 0 Å². The number of hydrogen-bond donors (Lipinski definition) is 0. The Balaban J connectivity index is 1.59. The summed E-state index contributed by atoms with van der Waals surface area (Å²) in [4.78, 5) is 26.4. The van der Waals surface area contributed by atoms with E-state index < -0.39 is 0 Å². The first-order chi connectivity index (χ1) is 10.7. The minimum atomic E-state index is 0.180. The quantitative estimate of drug-likeness (QED) is 0.872. The van der Waals surface area contributed by atoms with Gasteiger partial charge < -0.3 is 4.90 Å². The molecule has 0 bridgehead atoms. The molecule has 1 fully saturated rings. The maximum absolute atomic E-state index is 11.3. The van der Waals surface area contributed by atoms with E-state index in [1.54, 1.807) is 19.3 Å². The number of carbonyl (C=O) groups excluding carboxylic acids is 1. The molecule has 2 aromatic heterocycles. The molecule has 2 aromatic rings. The summed E-state index contributed by atoms with van der Waals surface area (Å²) >= 11 is 0. The largest absolute Gasteiger partial charge is 0.343 e. The lowest BCUT2D eigenvalue weighted by Crippen LogP contribution is -2.37. The highest BCUT2D eigenvalue weighted by Gasteiger charge is 2.21. The fraction of sp³-hybridized carbons (Fsp3) is 0.412. The molecule has 0 unspecified atom stereocenters. The van der Waals surface area contributed by atoms with Crippen molar-refractivity contribution in [2.24, 2.45) is 5.92 Å². The summed E-state index contributed by atoms with van der Waals surface area (Å²) < 4.78 is 0. The van der Waals surface area contributed by atoms with Gasteiger partial charge >= 0.3 is 0 Å². The third kappa shape index (κ3) is 3.47. The van der Waals surface area contributed by atoms with Crippen molar-refractivity contribution >= 4 is 5.91 Å². The number of rotatable bonds is 3. The Kier molecular flexibility index (Phi) is 4.42. The Hall–Kier alpha value is -2.30. The molecule has 1 aliphatic rings. The van der Waals surface area contributed by atoms with Crippen molar-refractivity contribution < 1.29 is 4.79 Å². The summed E-state index contributed by atoms with van der Waals surface area (Å²) in [6.45, 7) is 3.37. The highest BCUT2D eigenvalue weighted by molar-refractivity contribution is 5.73. The van der Waals surface area contributed by atoms with E-state index in [1.807, 2.05) is 29.4 Å². The Labute approximate surface area is 130 Å². The third-order valence-electron chi connectivity index (χ3n) is 4.22. The van der Waals surface area contributed by atoms with Crippen molar-refractivity contribution in [1.82, 2.24) is 19.9 Å². The summed E-state index contributed by atoms with van der Waals surface area (Å²) in [6.07, 6.45) is 10.2. The Morgan fingerprint density at radius 3 is 2.64 bits per heavy atom. The predicted octanol–water partition coefficient (Wildman–Crippen LogP) is 2.34. The maximum Gasteiger partial charge on any atom is 0.219 e. The molecule has 1 saturated heterocycles. The maximum atomic E-state index is 11.3. The Bertz CT molecular complexity index is 619. The normalized spacial score (nSPS) is 15.8. The van der Waals surface area contributed by atoms with Gasteiger partial charge in [0, 0.05) is 44.2 Å². The summed E-state index contributed by atoms with van der Waals surface area (Å²) in [5, 5.41) is 0. The first-order valence-corrected chi connectivity index (χ1v) is 7.69. The molecule has 5 heteroatoms. The molecule has 3 rings (SSSR count). The summed E-state index contributed by atoms with van der Waals surface area (Å²) in [5.74, 6) is 0.771. The molecule has 0 atom stereocenters. The predicted molar refractivity (Wildman–Crippen MR) is 83.9 cm³/mol. The van der Waals surface area contributed by atoms with Crippen molar-refractivity contribution in [1.29, 1.82) is 0 Å². The standard InChI is InChI=1S/C17H20N4O/c1-13(22)21-7-4-14(5-8-21)9-16-11-20-17(12-19-16)15-3-2-6-18-10-15/h2-3,6,10-12,14H,4-5,7-9H2,1H3. The van der Waals surface area contributed by atoms with Crippen LogP contribution in [0.5, 0.6) is 0 Å². The van der Waals surface area contributed by atoms with Crippen LogP contribution in [0.3, 0.4) is 0 Å². The van der Waals surface area contributed by atoms with Crippen molar-refractivity contribution in [3.05, 3.63) is 42.6 Å². The Morgan fingerprint density at radius 1 is 1.23 bits per heavy atom. The number of piperidine rings is 1. The van der Waals surface area contributed by atoms with Gasteiger partial charge in [-0.25, -0.2) is 0 Å². The van der Waals surface area contributed by atoms with Crippen LogP contribution in [0.15, 0.2) is 36.9 Å². The van der Waals surface area contributed by atoms with Crippen molar-refractivity contribution in [3.8, 4) is 11.3 Å². The van der Waals surface area contributed by atoms with Crippen LogP contribution in [0.4, 0.5) is 0 Å². The fourth-order valence-corrected chi connectivity index (χ4v) is 2.87. The van der Waals surface area contributed by atoms with Crippen molar-refractivity contribution in [2.75, 3.05) is 13.1 Å². The second-order valence-electron chi connectivity index (χ2n) is 5.79. The van der Waals surface area contributed by atoms with Gasteiger partial charge in [0.1, 0.15) is 0 Å². The fourth-order valence-electron chi connectivity index (χ4n) is 2.87. The van der Waals surface area contributed by atoms with Gasteiger partial charge in [0.25, 0.3) is 0 Å². The number of carbonyl (C=O) groups is 1. The number of aromatic nitrogens is 3. The molecule has 22 heavy (non-hydrogen) atoms. The van der Waals surface area contributed by atoms with Gasteiger partial charge in [-0.3, -0.25) is 19.7 Å². The lowest BCUT2D eigenvalue weighted by molar-refractivity contribution is -0.130. The minimum Gasteiger partial charge on any atom is -0.343 e. The molecule has 0 N–H and O–H groups in total. The lowest BCUT2D eigenvalue weighted by atomic mass is 9.92. The molecule has 0 aliphatic carbocycles. The summed E-state index contributed by atoms with van der Waals surface area (Å²) in [6, 6.07) is 3.88. The number of likely N-dealkylation sites (tertiary alicyclic amines) is 1. The van der Waals surface area contributed by atoms with Crippen LogP contribution >= 0.6 is 0 Å². The number of hydrogen-bond acceptors (Lipinski definition) is 4. The van der Waals surface area contributed by atoms with Gasteiger partial charge in [-0.1, -0.05) is 0 Å². The number of pyridine rings is 1. The van der Waals surface area contributed by atoms with E-state index in [0.717, 1.165) is 49.3 Å². The molecular formula is C17H20N4O. The van der Waals surface area contributed by atoms with Gasteiger partial charge in [0.2, 0.25) is 5.91 Å². The molecule has 0 spiro atoms. The average molecular weight is 296 g/mol. The smallest absolute Gasteiger partial charge is 0.219 e. The van der Waals surface area contributed by atoms with E-state index in [0.29, 0.717) is 5.92 Å². The molecule has 114 valence electrons. The molecule has 1 aliphatic heterocycles. The van der Waals surface area contributed by atoms with Gasteiger partial charge in [0.05, 0.1) is 17.6 Å². The second kappa shape index (κ2) is 6.64. The van der Waals surface area contributed by atoms with Crippen LogP contribution in [0.25, 0.3) is 11.3 Å². The van der Waals surface area contributed by atoms with Crippen LogP contribution in [0.1, 0.15) is 25.5 Å². The highest BCUT2D eigenvalue weighted by atomic mass is 16.2. The lowest BCUT2D eigenvalue weighted by Gasteiger charge is -2.31. The van der Waals surface area contributed by atoms with E-state index in [9.17, 15) is 4.79 Å². The van der Waals surface area contributed by atoms with Crippen LogP contribution in [-0.2, 0) is 11.2 Å². The molecule has 0 saturated carbocycles. The zero-order chi connectivity index (χ0) is 15.4. The minimum absolute atomic E-state index is 0.180. The topological polar surface area (TPSA) is 59.0 Å². The van der Waals surface area contributed by atoms with Gasteiger partial charge in [-0.2, -0.15) is 0 Å². The summed E-state index contributed by atoms with van der Waals surface area (Å²) in [5.41, 5.74) is 2.86. The van der Waals surface area contributed by atoms with E-state index >= 15 is 0 Å². The Morgan fingerprint density at radius 2 is 2.05 bits per heavy atom. The highest BCUT2D eigenvalue weighted by Crippen LogP contribution is 2.21. The zero-order valence-electron chi connectivity index (χ0n) is 12.8. The number of amides is 1. The summed E-state index contributed by atoms with van der Waals surface area (Å²) in [7, 11) is 0. The molecule has 1 amide bonds. The number of nitrogens with zero attached hydrogens (tertiary/aromatic N) is 4. The van der Waals surface area contributed by atoms with Crippen LogP contribution < -0.4 is 0 Å². The SMILES string of the molecule is CC(=O)N1CCC(Cc2cnc(-c3cccnc3)cn2)CC1.